The molecule has 4 rings (SSSR count). The maximum atomic E-state index is 13.2. The molecule has 0 amide bonds. The third-order valence-electron chi connectivity index (χ3n) is 7.07. The largest absolute Gasteiger partial charge is 0.497 e. The number of hydrogen-bond acceptors (Lipinski definition) is 7. The molecule has 7 nitrogen and oxygen atoms in total. The number of carbonyl (C=O) groups excluding carboxylic acids is 1. The number of esters is 1. The number of β-amino-alcohol motifs (C(OH)–C–C–N with tert-alkyl or cyclic N) is 1. The van der Waals surface area contributed by atoms with Crippen LogP contribution in [0.25, 0.3) is 10.9 Å². The van der Waals surface area contributed by atoms with Gasteiger partial charge >= 0.3 is 5.97 Å². The van der Waals surface area contributed by atoms with Crippen LogP contribution in [0.3, 0.4) is 0 Å². The van der Waals surface area contributed by atoms with E-state index in [0.717, 1.165) is 54.7 Å². The lowest BCUT2D eigenvalue weighted by atomic mass is 10.0. The van der Waals surface area contributed by atoms with Gasteiger partial charge in [0.1, 0.15) is 17.4 Å². The van der Waals surface area contributed by atoms with Gasteiger partial charge in [0.05, 0.1) is 18.7 Å². The molecule has 1 fully saturated rings. The van der Waals surface area contributed by atoms with Crippen LogP contribution in [0.1, 0.15) is 50.8 Å². The molecule has 7 heteroatoms. The van der Waals surface area contributed by atoms with Crippen LogP contribution in [0.4, 0.5) is 0 Å². The first-order valence-corrected chi connectivity index (χ1v) is 13.6. The van der Waals surface area contributed by atoms with Gasteiger partial charge in [-0.05, 0) is 82.0 Å². The highest BCUT2D eigenvalue weighted by molar-refractivity contribution is 5.83. The van der Waals surface area contributed by atoms with Crippen molar-refractivity contribution in [2.75, 3.05) is 39.8 Å². The Morgan fingerprint density at radius 2 is 1.89 bits per heavy atom. The van der Waals surface area contributed by atoms with Crippen LogP contribution in [0.5, 0.6) is 5.75 Å². The van der Waals surface area contributed by atoms with E-state index in [9.17, 15) is 9.90 Å². The monoisotopic (exact) mass is 519 g/mol. The summed E-state index contributed by atoms with van der Waals surface area (Å²) < 4.78 is 11.2. The van der Waals surface area contributed by atoms with Gasteiger partial charge in [0.2, 0.25) is 0 Å². The zero-order valence-corrected chi connectivity index (χ0v) is 23.1. The van der Waals surface area contributed by atoms with Gasteiger partial charge in [-0.25, -0.2) is 0 Å². The minimum atomic E-state index is -0.683. The molecule has 204 valence electrons. The summed E-state index contributed by atoms with van der Waals surface area (Å²) in [5, 5.41) is 12.2. The van der Waals surface area contributed by atoms with Crippen molar-refractivity contribution in [3.8, 4) is 5.75 Å². The van der Waals surface area contributed by atoms with Crippen LogP contribution >= 0.6 is 0 Å². The summed E-state index contributed by atoms with van der Waals surface area (Å²) in [4.78, 5) is 22.2. The number of carbonyl (C=O) groups is 1. The Morgan fingerprint density at radius 3 is 2.63 bits per heavy atom. The Hall–Kier alpha value is -3.00. The second-order valence-electron chi connectivity index (χ2n) is 11.1. The SMILES string of the molecule is COc1ccc2nccc(C(O)CN3CCC(C(=O)OC(C)(C)C)N(CCCc4ccccc4)CC3)c2c1. The van der Waals surface area contributed by atoms with Crippen molar-refractivity contribution >= 4 is 16.9 Å². The fraction of sp³-hybridized carbons (Fsp3) is 0.484. The third-order valence-corrected chi connectivity index (χ3v) is 7.07. The lowest BCUT2D eigenvalue weighted by Gasteiger charge is -2.30. The van der Waals surface area contributed by atoms with Gasteiger partial charge in [-0.15, -0.1) is 0 Å². The highest BCUT2D eigenvalue weighted by Crippen LogP contribution is 2.28. The zero-order valence-electron chi connectivity index (χ0n) is 23.1. The van der Waals surface area contributed by atoms with Gasteiger partial charge in [0.15, 0.2) is 0 Å². The number of benzene rings is 2. The minimum absolute atomic E-state index is 0.160. The average molecular weight is 520 g/mol. The van der Waals surface area contributed by atoms with Gasteiger partial charge in [-0.2, -0.15) is 0 Å². The van der Waals surface area contributed by atoms with Crippen LogP contribution in [0.15, 0.2) is 60.8 Å². The second-order valence-corrected chi connectivity index (χ2v) is 11.1. The molecule has 0 spiro atoms. The first-order valence-electron chi connectivity index (χ1n) is 13.6. The number of ether oxygens (including phenoxy) is 2. The van der Waals surface area contributed by atoms with E-state index in [2.05, 4.69) is 39.0 Å². The molecule has 38 heavy (non-hydrogen) atoms. The normalized spacial score (nSPS) is 18.2. The number of aliphatic hydroxyl groups is 1. The summed E-state index contributed by atoms with van der Waals surface area (Å²) in [5.41, 5.74) is 2.44. The molecule has 2 unspecified atom stereocenters. The summed E-state index contributed by atoms with van der Waals surface area (Å²) in [6, 6.07) is 17.8. The first-order chi connectivity index (χ1) is 18.2. The van der Waals surface area contributed by atoms with Gasteiger partial charge in [0.25, 0.3) is 0 Å². The second kappa shape index (κ2) is 12.7. The van der Waals surface area contributed by atoms with E-state index in [1.54, 1.807) is 13.3 Å². The van der Waals surface area contributed by atoms with E-state index in [1.165, 1.54) is 5.56 Å². The molecule has 0 bridgehead atoms. The number of methoxy groups -OCH3 is 1. The topological polar surface area (TPSA) is 75.1 Å². The van der Waals surface area contributed by atoms with Crippen LogP contribution in [0, 0.1) is 0 Å². The van der Waals surface area contributed by atoms with Crippen LogP contribution in [-0.4, -0.2) is 77.3 Å². The van der Waals surface area contributed by atoms with E-state index in [1.807, 2.05) is 51.1 Å². The Balaban J connectivity index is 1.45. The van der Waals surface area contributed by atoms with Crippen LogP contribution < -0.4 is 4.74 Å². The Bertz CT molecular complexity index is 1190. The summed E-state index contributed by atoms with van der Waals surface area (Å²) >= 11 is 0. The number of aryl methyl sites for hydroxylation is 1. The van der Waals surface area contributed by atoms with Crippen LogP contribution in [-0.2, 0) is 16.0 Å². The predicted molar refractivity (Wildman–Crippen MR) is 150 cm³/mol. The molecule has 2 heterocycles. The maximum absolute atomic E-state index is 13.2. The molecule has 1 aromatic heterocycles. The average Bonchev–Trinajstić information content (AvgIpc) is 3.10. The Morgan fingerprint density at radius 1 is 1.11 bits per heavy atom. The lowest BCUT2D eigenvalue weighted by Crippen LogP contribution is -2.45. The molecule has 1 N–H and O–H groups in total. The molecule has 0 saturated carbocycles. The third kappa shape index (κ3) is 7.53. The van der Waals surface area contributed by atoms with E-state index in [0.29, 0.717) is 19.5 Å². The summed E-state index contributed by atoms with van der Waals surface area (Å²) in [6.45, 7) is 9.28. The van der Waals surface area contributed by atoms with E-state index >= 15 is 0 Å². The summed E-state index contributed by atoms with van der Waals surface area (Å²) in [5.74, 6) is 0.576. The number of rotatable bonds is 9. The van der Waals surface area contributed by atoms with Crippen molar-refractivity contribution in [2.45, 2.75) is 57.8 Å². The Kier molecular flexibility index (Phi) is 9.36. The number of nitrogens with zero attached hydrogens (tertiary/aromatic N) is 3. The molecule has 2 atom stereocenters. The fourth-order valence-electron chi connectivity index (χ4n) is 5.15. The number of aliphatic hydroxyl groups excluding tert-OH is 1. The first kappa shape index (κ1) is 28.0. The van der Waals surface area contributed by atoms with Crippen molar-refractivity contribution in [2.24, 2.45) is 0 Å². The lowest BCUT2D eigenvalue weighted by molar-refractivity contribution is -0.161. The highest BCUT2D eigenvalue weighted by Gasteiger charge is 2.33. The van der Waals surface area contributed by atoms with Crippen molar-refractivity contribution in [1.29, 1.82) is 0 Å². The van der Waals surface area contributed by atoms with Gasteiger partial charge in [-0.1, -0.05) is 30.3 Å². The van der Waals surface area contributed by atoms with Crippen molar-refractivity contribution in [3.05, 3.63) is 71.9 Å². The summed E-state index contributed by atoms with van der Waals surface area (Å²) in [7, 11) is 1.64. The van der Waals surface area contributed by atoms with Gasteiger partial charge < -0.3 is 14.6 Å². The smallest absolute Gasteiger partial charge is 0.323 e. The number of aromatic nitrogens is 1. The molecule has 1 saturated heterocycles. The van der Waals surface area contributed by atoms with Crippen LogP contribution in [0.2, 0.25) is 0 Å². The van der Waals surface area contributed by atoms with E-state index < -0.39 is 11.7 Å². The molecule has 1 aliphatic rings. The predicted octanol–water partition coefficient (Wildman–Crippen LogP) is 4.63. The highest BCUT2D eigenvalue weighted by atomic mass is 16.6. The quantitative estimate of drug-likeness (QED) is 0.413. The molecular formula is C31H41N3O4. The molecular weight excluding hydrogens is 478 g/mol. The molecule has 3 aromatic rings. The standard InChI is InChI=1S/C31H41N3O4/c1-31(2,3)38-30(36)28-15-18-33(19-20-34(28)17-8-11-23-9-6-5-7-10-23)22-29(35)25-14-16-32-27-13-12-24(37-4)21-26(25)27/h5-7,9-10,12-14,16,21,28-29,35H,8,11,15,17-20,22H2,1-4H3. The van der Waals surface area contributed by atoms with Crippen molar-refractivity contribution < 1.29 is 19.4 Å². The molecule has 0 aliphatic carbocycles. The summed E-state index contributed by atoms with van der Waals surface area (Å²) in [6.07, 6.45) is 3.66. The van der Waals surface area contributed by atoms with Gasteiger partial charge in [0, 0.05) is 37.8 Å². The molecule has 2 aromatic carbocycles. The van der Waals surface area contributed by atoms with Crippen molar-refractivity contribution in [3.63, 3.8) is 0 Å². The maximum Gasteiger partial charge on any atom is 0.323 e. The zero-order chi connectivity index (χ0) is 27.1. The number of pyridine rings is 1. The number of hydrogen-bond donors (Lipinski definition) is 1. The van der Waals surface area contributed by atoms with Crippen molar-refractivity contribution in [1.82, 2.24) is 14.8 Å². The molecule has 0 radical (unpaired) electrons. The van der Waals surface area contributed by atoms with E-state index in [4.69, 9.17) is 9.47 Å². The van der Waals surface area contributed by atoms with E-state index in [-0.39, 0.29) is 12.0 Å². The fourth-order valence-corrected chi connectivity index (χ4v) is 5.15. The molecule has 1 aliphatic heterocycles. The number of fused-ring (bicyclic) bond motifs is 1. The minimum Gasteiger partial charge on any atom is -0.497 e. The Labute approximate surface area is 226 Å². The van der Waals surface area contributed by atoms with Gasteiger partial charge in [-0.3, -0.25) is 19.6 Å².